The number of hydrogen-bond donors (Lipinski definition) is 7. The number of hydrogen-bond acceptors (Lipinski definition) is 9. The van der Waals surface area contributed by atoms with Gasteiger partial charge in [-0.25, -0.2) is 8.78 Å². The lowest BCUT2D eigenvalue weighted by atomic mass is 10.1. The van der Waals surface area contributed by atoms with Crippen LogP contribution in [0, 0.1) is 11.6 Å². The van der Waals surface area contributed by atoms with Crippen molar-refractivity contribution in [3.63, 3.8) is 0 Å². The van der Waals surface area contributed by atoms with E-state index in [2.05, 4.69) is 26.6 Å². The second-order valence-corrected chi connectivity index (χ2v) is 13.2. The zero-order chi connectivity index (χ0) is 35.4. The van der Waals surface area contributed by atoms with E-state index in [0.717, 1.165) is 11.1 Å². The number of rotatable bonds is 15. The van der Waals surface area contributed by atoms with Crippen molar-refractivity contribution in [3.8, 4) is 0 Å². The fourth-order valence-electron chi connectivity index (χ4n) is 7.07. The third kappa shape index (κ3) is 7.87. The molecule has 0 unspecified atom stereocenters. The van der Waals surface area contributed by atoms with Crippen LogP contribution in [-0.2, 0) is 14.3 Å². The maximum atomic E-state index is 14.7. The first kappa shape index (κ1) is 35.5. The Morgan fingerprint density at radius 3 is 2.18 bits per heavy atom. The molecule has 2 aliphatic rings. The number of likely N-dealkylation sites (N-methyl/N-ethyl adjacent to an activating group) is 1. The van der Waals surface area contributed by atoms with Gasteiger partial charge in [-0.2, -0.15) is 0 Å². The van der Waals surface area contributed by atoms with E-state index in [9.17, 15) is 28.6 Å². The Balaban J connectivity index is 1.26. The van der Waals surface area contributed by atoms with Gasteiger partial charge in [-0.1, -0.05) is 0 Å². The largest absolute Gasteiger partial charge is 0.392 e. The summed E-state index contributed by atoms with van der Waals surface area (Å²) in [5, 5.41) is 37.8. The molecule has 0 spiro atoms. The lowest BCUT2D eigenvalue weighted by Crippen LogP contribution is -2.52. The number of aromatic nitrogens is 2. The summed E-state index contributed by atoms with van der Waals surface area (Å²) in [7, 11) is 3.23. The van der Waals surface area contributed by atoms with Crippen LogP contribution in [0.2, 0.25) is 0 Å². The van der Waals surface area contributed by atoms with Gasteiger partial charge in [0.05, 0.1) is 59.6 Å². The van der Waals surface area contributed by atoms with Crippen molar-refractivity contribution in [3.05, 3.63) is 60.4 Å². The van der Waals surface area contributed by atoms with Gasteiger partial charge in [0.2, 0.25) is 11.8 Å². The van der Waals surface area contributed by atoms with Crippen LogP contribution < -0.4 is 26.6 Å². The molecule has 4 heterocycles. The number of ether oxygens (including phenoxy) is 1. The Bertz CT molecular complexity index is 1810. The minimum Gasteiger partial charge on any atom is -0.392 e. The molecule has 0 bridgehead atoms. The molecule has 2 aromatic heterocycles. The number of anilines is 2. The molecule has 0 saturated carbocycles. The molecule has 2 aliphatic heterocycles. The number of benzene rings is 2. The highest BCUT2D eigenvalue weighted by molar-refractivity contribution is 5.96. The summed E-state index contributed by atoms with van der Waals surface area (Å²) in [6.45, 7) is 2.00. The number of aliphatic hydroxyl groups is 2. The third-order valence-electron chi connectivity index (χ3n) is 9.48. The van der Waals surface area contributed by atoms with Crippen molar-refractivity contribution in [1.29, 1.82) is 0 Å². The van der Waals surface area contributed by atoms with Crippen LogP contribution in [0.3, 0.4) is 0 Å². The summed E-state index contributed by atoms with van der Waals surface area (Å²) in [4.78, 5) is 27.9. The van der Waals surface area contributed by atoms with Gasteiger partial charge in [0, 0.05) is 68.8 Å². The zero-order valence-corrected chi connectivity index (χ0v) is 28.3. The third-order valence-corrected chi connectivity index (χ3v) is 9.48. The van der Waals surface area contributed by atoms with Crippen molar-refractivity contribution < 1.29 is 33.3 Å². The smallest absolute Gasteiger partial charge is 0.245 e. The fraction of sp³-hybridized carbons (Fsp3) is 0.486. The number of halogens is 2. The molecule has 2 amide bonds. The van der Waals surface area contributed by atoms with Gasteiger partial charge in [-0.15, -0.1) is 0 Å². The van der Waals surface area contributed by atoms with Crippen LogP contribution in [0.4, 0.5) is 20.2 Å². The summed E-state index contributed by atoms with van der Waals surface area (Å²) in [5.74, 6) is -1.44. The van der Waals surface area contributed by atoms with Crippen molar-refractivity contribution in [2.24, 2.45) is 0 Å². The van der Waals surface area contributed by atoms with E-state index in [4.69, 9.17) is 4.74 Å². The first-order valence-corrected chi connectivity index (χ1v) is 17.1. The number of carbonyl (C=O) groups is 2. The minimum atomic E-state index is -0.775. The predicted octanol–water partition coefficient (Wildman–Crippen LogP) is 1.82. The van der Waals surface area contributed by atoms with Crippen LogP contribution in [0.1, 0.15) is 25.7 Å². The van der Waals surface area contributed by atoms with Crippen LogP contribution in [0.5, 0.6) is 0 Å². The Morgan fingerprint density at radius 1 is 0.960 bits per heavy atom. The highest BCUT2D eigenvalue weighted by atomic mass is 19.1. The SMILES string of the molecule is CNCC(=O)N[C@@H](CCCOC)C(=O)N1C[C@@H](O)C[C@H]1CNc1cn(-n2cc(NC[C@@H]3C[C@H](O)CN3)c3ccc(F)cc32)c2cc(F)ccc12. The van der Waals surface area contributed by atoms with E-state index in [1.54, 1.807) is 46.7 Å². The topological polar surface area (TPSA) is 157 Å². The lowest BCUT2D eigenvalue weighted by molar-refractivity contribution is -0.137. The van der Waals surface area contributed by atoms with Gasteiger partial charge in [-0.05, 0) is 57.0 Å². The number of likely N-dealkylation sites (tertiary alicyclic amines) is 1. The van der Waals surface area contributed by atoms with E-state index in [-0.39, 0.29) is 43.5 Å². The molecule has 50 heavy (non-hydrogen) atoms. The number of β-amino-alcohol motifs (C(OH)–C–C–N with tert-alkyl or cyclic N) is 2. The maximum Gasteiger partial charge on any atom is 0.245 e. The molecular formula is C35H46F2N8O5. The Hall–Kier alpha value is -4.28. The lowest BCUT2D eigenvalue weighted by Gasteiger charge is -2.29. The van der Waals surface area contributed by atoms with Gasteiger partial charge in [0.25, 0.3) is 0 Å². The molecule has 4 aromatic rings. The zero-order valence-electron chi connectivity index (χ0n) is 28.3. The van der Waals surface area contributed by atoms with Crippen molar-refractivity contribution in [2.45, 2.75) is 56.0 Å². The number of fused-ring (bicyclic) bond motifs is 2. The summed E-state index contributed by atoms with van der Waals surface area (Å²) in [6.07, 6.45) is 4.42. The molecule has 6 rings (SSSR count). The molecule has 13 nitrogen and oxygen atoms in total. The molecule has 5 atom stereocenters. The Labute approximate surface area is 288 Å². The Morgan fingerprint density at radius 2 is 1.60 bits per heavy atom. The van der Waals surface area contributed by atoms with Gasteiger partial charge < -0.3 is 46.4 Å². The fourth-order valence-corrected chi connectivity index (χ4v) is 7.07. The molecule has 2 aromatic carbocycles. The molecule has 7 N–H and O–H groups in total. The number of aliphatic hydroxyl groups excluding tert-OH is 2. The second-order valence-electron chi connectivity index (χ2n) is 13.2. The number of methoxy groups -OCH3 is 1. The van der Waals surface area contributed by atoms with Gasteiger partial charge in [-0.3, -0.25) is 18.9 Å². The standard InChI is InChI=1S/C35H46F2N8O5/c1-38-17-34(48)42-29(4-3-9-50-2)35(49)43-18-26(47)13-24(43)15-41-31-20-45(33-11-22(37)6-8-28(31)33)44-19-30(27-7-5-21(36)10-32(27)44)40-14-23-12-25(46)16-39-23/h5-8,10-11,19-20,23-26,29,38-41,46-47H,3-4,9,12-18H2,1-2H3,(H,42,48)/t23-,24-,25-,26-,29-/m0/s1. The average molecular weight is 697 g/mol. The molecular weight excluding hydrogens is 650 g/mol. The van der Waals surface area contributed by atoms with Crippen molar-refractivity contribution in [2.75, 3.05) is 64.1 Å². The molecule has 0 radical (unpaired) electrons. The quantitative estimate of drug-likeness (QED) is 0.0922. The summed E-state index contributed by atoms with van der Waals surface area (Å²) >= 11 is 0. The molecule has 270 valence electrons. The maximum absolute atomic E-state index is 14.7. The second kappa shape index (κ2) is 15.7. The van der Waals surface area contributed by atoms with Crippen LogP contribution in [-0.4, -0.2) is 120 Å². The highest BCUT2D eigenvalue weighted by Crippen LogP contribution is 2.33. The first-order valence-electron chi connectivity index (χ1n) is 17.1. The number of amides is 2. The summed E-state index contributed by atoms with van der Waals surface area (Å²) in [5.41, 5.74) is 2.51. The molecule has 15 heteroatoms. The minimum absolute atomic E-state index is 0.0645. The monoisotopic (exact) mass is 696 g/mol. The molecule has 2 fully saturated rings. The van der Waals surface area contributed by atoms with Crippen LogP contribution >= 0.6 is 0 Å². The summed E-state index contributed by atoms with van der Waals surface area (Å²) < 4.78 is 38.0. The number of nitrogens with zero attached hydrogens (tertiary/aromatic N) is 3. The van der Waals surface area contributed by atoms with Gasteiger partial charge in [0.15, 0.2) is 0 Å². The van der Waals surface area contributed by atoms with E-state index in [0.29, 0.717) is 67.5 Å². The van der Waals surface area contributed by atoms with Crippen LogP contribution in [0.15, 0.2) is 48.8 Å². The Kier molecular flexibility index (Phi) is 11.2. The number of carbonyl (C=O) groups excluding carboxylic acids is 2. The van der Waals surface area contributed by atoms with Gasteiger partial charge in [0.1, 0.15) is 17.7 Å². The van der Waals surface area contributed by atoms with E-state index in [1.807, 2.05) is 6.20 Å². The average Bonchev–Trinajstić information content (AvgIpc) is 3.86. The van der Waals surface area contributed by atoms with Crippen molar-refractivity contribution in [1.82, 2.24) is 30.2 Å². The number of nitrogens with one attached hydrogen (secondary N) is 5. The highest BCUT2D eigenvalue weighted by Gasteiger charge is 2.37. The van der Waals surface area contributed by atoms with Crippen molar-refractivity contribution >= 4 is 45.0 Å². The summed E-state index contributed by atoms with van der Waals surface area (Å²) in [6, 6.07) is 7.89. The van der Waals surface area contributed by atoms with Crippen LogP contribution in [0.25, 0.3) is 21.8 Å². The molecule has 0 aliphatic carbocycles. The predicted molar refractivity (Wildman–Crippen MR) is 187 cm³/mol. The molecule has 2 saturated heterocycles. The van der Waals surface area contributed by atoms with E-state index in [1.165, 1.54) is 24.3 Å². The van der Waals surface area contributed by atoms with E-state index >= 15 is 0 Å². The first-order chi connectivity index (χ1) is 24.1. The normalized spacial score (nSPS) is 21.3. The van der Waals surface area contributed by atoms with Gasteiger partial charge >= 0.3 is 0 Å². The van der Waals surface area contributed by atoms with E-state index < -0.39 is 29.9 Å².